The molecule has 0 spiro atoms. The standard InChI is InChI=1S/C22H26N2O2/c1-15-6-10-19(11-7-15)23-21(25)17-4-3-5-18(14-17)22(26)24-20-12-8-16(2)9-13-20/h6-13,17-18H,3-5,14H2,1-2H3,(H,23,25)(H,24,26)/t17-,18-/m0/s1. The van der Waals surface area contributed by atoms with Gasteiger partial charge in [-0.05, 0) is 57.4 Å². The molecule has 0 aromatic heterocycles. The highest BCUT2D eigenvalue weighted by Crippen LogP contribution is 2.31. The highest BCUT2D eigenvalue weighted by molar-refractivity contribution is 5.95. The van der Waals surface area contributed by atoms with Crippen molar-refractivity contribution in [1.82, 2.24) is 0 Å². The maximum absolute atomic E-state index is 12.6. The molecule has 0 radical (unpaired) electrons. The Kier molecular flexibility index (Phi) is 5.71. The first kappa shape index (κ1) is 18.2. The summed E-state index contributed by atoms with van der Waals surface area (Å²) in [4.78, 5) is 25.1. The summed E-state index contributed by atoms with van der Waals surface area (Å²) >= 11 is 0. The van der Waals surface area contributed by atoms with E-state index < -0.39 is 0 Å². The molecule has 0 aliphatic heterocycles. The van der Waals surface area contributed by atoms with Crippen molar-refractivity contribution < 1.29 is 9.59 Å². The molecular formula is C22H26N2O2. The molecule has 4 heteroatoms. The molecular weight excluding hydrogens is 324 g/mol. The van der Waals surface area contributed by atoms with Crippen molar-refractivity contribution in [3.8, 4) is 0 Å². The van der Waals surface area contributed by atoms with Gasteiger partial charge in [0.15, 0.2) is 0 Å². The van der Waals surface area contributed by atoms with Crippen LogP contribution in [0.2, 0.25) is 0 Å². The minimum atomic E-state index is -0.112. The quantitative estimate of drug-likeness (QED) is 0.840. The number of anilines is 2. The Bertz CT molecular complexity index is 700. The number of carbonyl (C=O) groups excluding carboxylic acids is 2. The average molecular weight is 350 g/mol. The van der Waals surface area contributed by atoms with Crippen LogP contribution in [0.15, 0.2) is 48.5 Å². The number of rotatable bonds is 4. The van der Waals surface area contributed by atoms with Crippen LogP contribution < -0.4 is 10.6 Å². The first-order chi connectivity index (χ1) is 12.5. The molecule has 0 heterocycles. The number of carbonyl (C=O) groups is 2. The summed E-state index contributed by atoms with van der Waals surface area (Å²) in [5.74, 6) is -0.194. The molecule has 1 aliphatic rings. The van der Waals surface area contributed by atoms with Crippen molar-refractivity contribution in [3.05, 3.63) is 59.7 Å². The lowest BCUT2D eigenvalue weighted by molar-refractivity contribution is -0.124. The molecule has 4 nitrogen and oxygen atoms in total. The van der Waals surface area contributed by atoms with Gasteiger partial charge in [0, 0.05) is 23.2 Å². The van der Waals surface area contributed by atoms with Crippen LogP contribution in [0.3, 0.4) is 0 Å². The largest absolute Gasteiger partial charge is 0.326 e. The second kappa shape index (κ2) is 8.17. The Hall–Kier alpha value is -2.62. The van der Waals surface area contributed by atoms with Crippen molar-refractivity contribution in [3.63, 3.8) is 0 Å². The van der Waals surface area contributed by atoms with E-state index in [-0.39, 0.29) is 23.7 Å². The number of benzene rings is 2. The minimum absolute atomic E-state index is 0.0155. The molecule has 26 heavy (non-hydrogen) atoms. The van der Waals surface area contributed by atoms with E-state index in [1.165, 1.54) is 0 Å². The maximum atomic E-state index is 12.6. The van der Waals surface area contributed by atoms with Crippen LogP contribution in [0.5, 0.6) is 0 Å². The van der Waals surface area contributed by atoms with Crippen LogP contribution >= 0.6 is 0 Å². The summed E-state index contributed by atoms with van der Waals surface area (Å²) in [7, 11) is 0. The predicted molar refractivity (Wildman–Crippen MR) is 105 cm³/mol. The van der Waals surface area contributed by atoms with Crippen LogP contribution in [0.4, 0.5) is 11.4 Å². The smallest absolute Gasteiger partial charge is 0.227 e. The number of nitrogens with one attached hydrogen (secondary N) is 2. The van der Waals surface area contributed by atoms with Crippen LogP contribution in [0.25, 0.3) is 0 Å². The van der Waals surface area contributed by atoms with Crippen LogP contribution in [0, 0.1) is 25.7 Å². The lowest BCUT2D eigenvalue weighted by Crippen LogP contribution is -2.33. The molecule has 1 fully saturated rings. The first-order valence-electron chi connectivity index (χ1n) is 9.26. The highest BCUT2D eigenvalue weighted by Gasteiger charge is 2.31. The summed E-state index contributed by atoms with van der Waals surface area (Å²) in [5, 5.41) is 5.97. The fourth-order valence-electron chi connectivity index (χ4n) is 3.43. The van der Waals surface area contributed by atoms with Crippen molar-refractivity contribution in [2.45, 2.75) is 39.5 Å². The molecule has 0 saturated heterocycles. The number of hydrogen-bond acceptors (Lipinski definition) is 2. The molecule has 1 aliphatic carbocycles. The Morgan fingerprint density at radius 3 is 1.50 bits per heavy atom. The van der Waals surface area contributed by atoms with Gasteiger partial charge in [-0.2, -0.15) is 0 Å². The monoisotopic (exact) mass is 350 g/mol. The van der Waals surface area contributed by atoms with Gasteiger partial charge < -0.3 is 10.6 Å². The maximum Gasteiger partial charge on any atom is 0.227 e. The highest BCUT2D eigenvalue weighted by atomic mass is 16.2. The zero-order valence-electron chi connectivity index (χ0n) is 15.4. The number of hydrogen-bond donors (Lipinski definition) is 2. The lowest BCUT2D eigenvalue weighted by atomic mass is 9.80. The predicted octanol–water partition coefficient (Wildman–Crippen LogP) is 4.69. The molecule has 2 amide bonds. The zero-order chi connectivity index (χ0) is 18.5. The summed E-state index contributed by atoms with van der Waals surface area (Å²) in [6.07, 6.45) is 3.19. The summed E-state index contributed by atoms with van der Waals surface area (Å²) in [6.45, 7) is 4.04. The van der Waals surface area contributed by atoms with Gasteiger partial charge >= 0.3 is 0 Å². The topological polar surface area (TPSA) is 58.2 Å². The Labute approximate surface area is 155 Å². The van der Waals surface area contributed by atoms with E-state index in [1.807, 2.05) is 62.4 Å². The number of aryl methyl sites for hydroxylation is 2. The molecule has 3 rings (SSSR count). The van der Waals surface area contributed by atoms with Gasteiger partial charge in [-0.25, -0.2) is 0 Å². The molecule has 2 N–H and O–H groups in total. The van der Waals surface area contributed by atoms with Crippen LogP contribution in [-0.2, 0) is 9.59 Å². The van der Waals surface area contributed by atoms with Gasteiger partial charge in [0.2, 0.25) is 11.8 Å². The minimum Gasteiger partial charge on any atom is -0.326 e. The van der Waals surface area contributed by atoms with Crippen LogP contribution in [-0.4, -0.2) is 11.8 Å². The van der Waals surface area contributed by atoms with Crippen molar-refractivity contribution in [1.29, 1.82) is 0 Å². The molecule has 2 aromatic carbocycles. The van der Waals surface area contributed by atoms with E-state index >= 15 is 0 Å². The second-order valence-corrected chi connectivity index (χ2v) is 7.27. The summed E-state index contributed by atoms with van der Waals surface area (Å²) in [6, 6.07) is 15.6. The summed E-state index contributed by atoms with van der Waals surface area (Å²) < 4.78 is 0. The van der Waals surface area contributed by atoms with Crippen LogP contribution in [0.1, 0.15) is 36.8 Å². The van der Waals surface area contributed by atoms with Crippen molar-refractivity contribution in [2.75, 3.05) is 10.6 Å². The third-order valence-corrected chi connectivity index (χ3v) is 5.05. The Morgan fingerprint density at radius 2 is 1.12 bits per heavy atom. The first-order valence-corrected chi connectivity index (χ1v) is 9.26. The molecule has 2 atom stereocenters. The Morgan fingerprint density at radius 1 is 0.731 bits per heavy atom. The molecule has 0 bridgehead atoms. The van der Waals surface area contributed by atoms with Crippen molar-refractivity contribution >= 4 is 23.2 Å². The lowest BCUT2D eigenvalue weighted by Gasteiger charge is -2.27. The van der Waals surface area contributed by atoms with E-state index in [4.69, 9.17) is 0 Å². The van der Waals surface area contributed by atoms with E-state index in [0.717, 1.165) is 41.8 Å². The van der Waals surface area contributed by atoms with Crippen molar-refractivity contribution in [2.24, 2.45) is 11.8 Å². The van der Waals surface area contributed by atoms with E-state index in [2.05, 4.69) is 10.6 Å². The summed E-state index contributed by atoms with van der Waals surface area (Å²) in [5.41, 5.74) is 3.95. The molecule has 0 unspecified atom stereocenters. The van der Waals surface area contributed by atoms with E-state index in [9.17, 15) is 9.59 Å². The average Bonchev–Trinajstić information content (AvgIpc) is 2.65. The fourth-order valence-corrected chi connectivity index (χ4v) is 3.43. The van der Waals surface area contributed by atoms with Gasteiger partial charge in [0.05, 0.1) is 0 Å². The second-order valence-electron chi connectivity index (χ2n) is 7.27. The van der Waals surface area contributed by atoms with Gasteiger partial charge in [0.1, 0.15) is 0 Å². The van der Waals surface area contributed by atoms with Gasteiger partial charge in [0.25, 0.3) is 0 Å². The van der Waals surface area contributed by atoms with Gasteiger partial charge in [-0.15, -0.1) is 0 Å². The van der Waals surface area contributed by atoms with E-state index in [1.54, 1.807) is 0 Å². The third kappa shape index (κ3) is 4.72. The SMILES string of the molecule is Cc1ccc(NC(=O)[C@H]2CCC[C@H](C(=O)Nc3ccc(C)cc3)C2)cc1. The Balaban J connectivity index is 1.57. The number of amides is 2. The fraction of sp³-hybridized carbons (Fsp3) is 0.364. The normalized spacial score (nSPS) is 19.6. The van der Waals surface area contributed by atoms with Gasteiger partial charge in [-0.3, -0.25) is 9.59 Å². The molecule has 1 saturated carbocycles. The molecule has 136 valence electrons. The van der Waals surface area contributed by atoms with E-state index in [0.29, 0.717) is 6.42 Å². The molecule has 2 aromatic rings. The third-order valence-electron chi connectivity index (χ3n) is 5.05. The van der Waals surface area contributed by atoms with Gasteiger partial charge in [-0.1, -0.05) is 41.8 Å². The zero-order valence-corrected chi connectivity index (χ0v) is 15.4.